The zero-order chi connectivity index (χ0) is 13.9. The molecule has 19 heavy (non-hydrogen) atoms. The van der Waals surface area contributed by atoms with E-state index in [4.69, 9.17) is 22.1 Å². The van der Waals surface area contributed by atoms with E-state index >= 15 is 0 Å². The minimum atomic E-state index is -0.0632. The summed E-state index contributed by atoms with van der Waals surface area (Å²) in [6, 6.07) is 5.90. The van der Waals surface area contributed by atoms with Gasteiger partial charge in [-0.15, -0.1) is 0 Å². The summed E-state index contributed by atoms with van der Waals surface area (Å²) in [5.74, 6) is 0. The van der Waals surface area contributed by atoms with Crippen molar-refractivity contribution in [3.63, 3.8) is 0 Å². The third-order valence-corrected chi connectivity index (χ3v) is 4.52. The monoisotopic (exact) mass is 346 g/mol. The average Bonchev–Trinajstić information content (AvgIpc) is 2.79. The molecule has 3 N–H and O–H groups in total. The first-order chi connectivity index (χ1) is 9.04. The van der Waals surface area contributed by atoms with E-state index < -0.39 is 0 Å². The lowest BCUT2D eigenvalue weighted by molar-refractivity contribution is 0.0189. The van der Waals surface area contributed by atoms with E-state index in [0.29, 0.717) is 6.54 Å². The third kappa shape index (κ3) is 3.92. The summed E-state index contributed by atoms with van der Waals surface area (Å²) < 4.78 is 6.77. The molecule has 3 nitrogen and oxygen atoms in total. The summed E-state index contributed by atoms with van der Waals surface area (Å²) in [6.45, 7) is 4.35. The Morgan fingerprint density at radius 1 is 1.58 bits per heavy atom. The Morgan fingerprint density at radius 3 is 2.95 bits per heavy atom. The maximum atomic E-state index is 5.97. The zero-order valence-electron chi connectivity index (χ0n) is 11.1. The molecular weight excluding hydrogens is 328 g/mol. The number of nitrogens with one attached hydrogen (secondary N) is 1. The lowest BCUT2D eigenvalue weighted by Gasteiger charge is -2.27. The summed E-state index contributed by atoms with van der Waals surface area (Å²) in [4.78, 5) is 0. The number of hydrogen-bond donors (Lipinski definition) is 2. The normalized spacial score (nSPS) is 24.6. The minimum Gasteiger partial charge on any atom is -0.374 e. The number of nitrogens with two attached hydrogens (primary N) is 1. The zero-order valence-corrected chi connectivity index (χ0v) is 13.4. The van der Waals surface area contributed by atoms with Crippen molar-refractivity contribution in [2.24, 2.45) is 5.73 Å². The Balaban J connectivity index is 2.03. The van der Waals surface area contributed by atoms with Crippen LogP contribution in [0.2, 0.25) is 5.02 Å². The highest BCUT2D eigenvalue weighted by Gasteiger charge is 2.30. The number of halogens is 2. The van der Waals surface area contributed by atoms with Gasteiger partial charge in [0.05, 0.1) is 5.60 Å². The Morgan fingerprint density at radius 2 is 2.37 bits per heavy atom. The van der Waals surface area contributed by atoms with Crippen LogP contribution in [0.25, 0.3) is 0 Å². The molecule has 106 valence electrons. The van der Waals surface area contributed by atoms with Gasteiger partial charge in [0, 0.05) is 35.2 Å². The van der Waals surface area contributed by atoms with Gasteiger partial charge in [0.15, 0.2) is 0 Å². The largest absolute Gasteiger partial charge is 0.374 e. The van der Waals surface area contributed by atoms with E-state index in [-0.39, 0.29) is 11.6 Å². The van der Waals surface area contributed by atoms with Gasteiger partial charge in [-0.25, -0.2) is 0 Å². The van der Waals surface area contributed by atoms with Gasteiger partial charge < -0.3 is 15.8 Å². The first kappa shape index (κ1) is 15.3. The molecule has 1 fully saturated rings. The molecule has 2 rings (SSSR count). The third-order valence-electron chi connectivity index (χ3n) is 3.60. The molecule has 1 aromatic rings. The molecule has 5 heteroatoms. The van der Waals surface area contributed by atoms with Crippen molar-refractivity contribution in [2.45, 2.75) is 31.4 Å². The number of hydrogen-bond acceptors (Lipinski definition) is 3. The first-order valence-electron chi connectivity index (χ1n) is 6.56. The quantitative estimate of drug-likeness (QED) is 0.859. The molecular formula is C14H20BrClN2O. The van der Waals surface area contributed by atoms with Crippen LogP contribution in [0.5, 0.6) is 0 Å². The van der Waals surface area contributed by atoms with Gasteiger partial charge in [-0.05, 0) is 37.5 Å². The number of ether oxygens (including phenoxy) is 1. The van der Waals surface area contributed by atoms with Gasteiger partial charge >= 0.3 is 0 Å². The molecule has 2 unspecified atom stereocenters. The van der Waals surface area contributed by atoms with Crippen molar-refractivity contribution in [1.82, 2.24) is 5.32 Å². The molecule has 1 saturated heterocycles. The van der Waals surface area contributed by atoms with Crippen LogP contribution in [0.4, 0.5) is 0 Å². The van der Waals surface area contributed by atoms with Gasteiger partial charge in [-0.1, -0.05) is 33.6 Å². The van der Waals surface area contributed by atoms with Crippen LogP contribution in [0, 0.1) is 0 Å². The summed E-state index contributed by atoms with van der Waals surface area (Å²) >= 11 is 9.51. The molecule has 0 bridgehead atoms. The van der Waals surface area contributed by atoms with Crippen LogP contribution in [0.3, 0.4) is 0 Å². The van der Waals surface area contributed by atoms with E-state index in [2.05, 4.69) is 28.2 Å². The molecule has 1 aliphatic rings. The van der Waals surface area contributed by atoms with Crippen molar-refractivity contribution >= 4 is 27.5 Å². The Bertz CT molecular complexity index is 435. The maximum Gasteiger partial charge on any atom is 0.0779 e. The second-order valence-corrected chi connectivity index (χ2v) is 6.53. The summed E-state index contributed by atoms with van der Waals surface area (Å²) in [5.41, 5.74) is 6.95. The summed E-state index contributed by atoms with van der Waals surface area (Å²) in [6.07, 6.45) is 2.23. The highest BCUT2D eigenvalue weighted by molar-refractivity contribution is 9.10. The van der Waals surface area contributed by atoms with E-state index in [9.17, 15) is 0 Å². The molecule has 0 spiro atoms. The second-order valence-electron chi connectivity index (χ2n) is 5.24. The molecule has 0 saturated carbocycles. The topological polar surface area (TPSA) is 47.3 Å². The fraction of sp³-hybridized carbons (Fsp3) is 0.571. The fourth-order valence-electron chi connectivity index (χ4n) is 2.42. The highest BCUT2D eigenvalue weighted by atomic mass is 79.9. The predicted molar refractivity (Wildman–Crippen MR) is 82.5 cm³/mol. The van der Waals surface area contributed by atoms with Crippen molar-refractivity contribution in [3.05, 3.63) is 33.3 Å². The predicted octanol–water partition coefficient (Wildman–Crippen LogP) is 3.26. The average molecular weight is 348 g/mol. The van der Waals surface area contributed by atoms with E-state index in [1.807, 2.05) is 18.2 Å². The van der Waals surface area contributed by atoms with Gasteiger partial charge in [0.1, 0.15) is 0 Å². The van der Waals surface area contributed by atoms with Gasteiger partial charge in [-0.3, -0.25) is 0 Å². The fourth-order valence-corrected chi connectivity index (χ4v) is 3.38. The Kier molecular flexibility index (Phi) is 5.26. The van der Waals surface area contributed by atoms with Gasteiger partial charge in [0.2, 0.25) is 0 Å². The van der Waals surface area contributed by atoms with E-state index in [1.165, 1.54) is 0 Å². The van der Waals surface area contributed by atoms with E-state index in [1.54, 1.807) is 0 Å². The SMILES string of the molecule is CC1(CNC(CN)c2ccc(Cl)cc2Br)CCCO1. The van der Waals surface area contributed by atoms with Gasteiger partial charge in [0.25, 0.3) is 0 Å². The summed E-state index contributed by atoms with van der Waals surface area (Å²) in [5, 5.41) is 4.23. The van der Waals surface area contributed by atoms with Crippen LogP contribution in [0.15, 0.2) is 22.7 Å². The van der Waals surface area contributed by atoms with Crippen LogP contribution >= 0.6 is 27.5 Å². The standard InChI is InChI=1S/C14H20BrClN2O/c1-14(5-2-6-19-14)9-18-13(8-17)11-4-3-10(16)7-12(11)15/h3-4,7,13,18H,2,5-6,8-9,17H2,1H3. The first-order valence-corrected chi connectivity index (χ1v) is 7.73. The number of rotatable bonds is 5. The Labute approximate surface area is 128 Å². The molecule has 0 aromatic heterocycles. The lowest BCUT2D eigenvalue weighted by Crippen LogP contribution is -2.41. The van der Waals surface area contributed by atoms with Crippen LogP contribution in [0.1, 0.15) is 31.4 Å². The molecule has 2 atom stereocenters. The molecule has 0 radical (unpaired) electrons. The molecule has 1 aromatic carbocycles. The van der Waals surface area contributed by atoms with Crippen molar-refractivity contribution in [2.75, 3.05) is 19.7 Å². The second kappa shape index (κ2) is 6.55. The molecule has 1 heterocycles. The molecule has 0 aliphatic carbocycles. The van der Waals surface area contributed by atoms with Crippen LogP contribution in [-0.4, -0.2) is 25.3 Å². The Hall–Kier alpha value is -0.130. The van der Waals surface area contributed by atoms with Crippen molar-refractivity contribution in [3.8, 4) is 0 Å². The highest BCUT2D eigenvalue weighted by Crippen LogP contribution is 2.28. The van der Waals surface area contributed by atoms with E-state index in [0.717, 1.165) is 41.1 Å². The summed E-state index contributed by atoms with van der Waals surface area (Å²) in [7, 11) is 0. The molecule has 1 aliphatic heterocycles. The minimum absolute atomic E-state index is 0.0632. The molecule has 0 amide bonds. The smallest absolute Gasteiger partial charge is 0.0779 e. The van der Waals surface area contributed by atoms with Crippen LogP contribution < -0.4 is 11.1 Å². The van der Waals surface area contributed by atoms with Crippen molar-refractivity contribution < 1.29 is 4.74 Å². The van der Waals surface area contributed by atoms with Crippen LogP contribution in [-0.2, 0) is 4.74 Å². The number of benzene rings is 1. The lowest BCUT2D eigenvalue weighted by atomic mass is 10.0. The van der Waals surface area contributed by atoms with Crippen molar-refractivity contribution in [1.29, 1.82) is 0 Å². The maximum absolute atomic E-state index is 5.97. The van der Waals surface area contributed by atoms with Gasteiger partial charge in [-0.2, -0.15) is 0 Å².